The van der Waals surface area contributed by atoms with E-state index in [4.69, 9.17) is 14.2 Å². The van der Waals surface area contributed by atoms with E-state index in [1.807, 2.05) is 7.05 Å². The maximum Gasteiger partial charge on any atom is 0.193 e. The number of rotatable bonds is 7. The summed E-state index contributed by atoms with van der Waals surface area (Å²) in [6.07, 6.45) is 2.19. The molecule has 6 nitrogen and oxygen atoms in total. The quantitative estimate of drug-likeness (QED) is 0.269. The Balaban J connectivity index is 0.00000280. The van der Waals surface area contributed by atoms with Gasteiger partial charge in [0.25, 0.3) is 0 Å². The van der Waals surface area contributed by atoms with Crippen molar-refractivity contribution in [3.05, 3.63) is 35.4 Å². The van der Waals surface area contributed by atoms with Crippen LogP contribution in [0.15, 0.2) is 29.3 Å². The summed E-state index contributed by atoms with van der Waals surface area (Å²) in [7, 11) is 1.84. The molecular formula is C21H34IN3O3. The number of hydrogen-bond acceptors (Lipinski definition) is 4. The summed E-state index contributed by atoms with van der Waals surface area (Å²) in [5, 5.41) is 3.47. The average molecular weight is 503 g/mol. The Labute approximate surface area is 186 Å². The third-order valence-corrected chi connectivity index (χ3v) is 5.24. The number of benzene rings is 1. The molecule has 2 fully saturated rings. The molecule has 2 atom stereocenters. The molecule has 7 heteroatoms. The van der Waals surface area contributed by atoms with Gasteiger partial charge < -0.3 is 24.4 Å². The van der Waals surface area contributed by atoms with Crippen molar-refractivity contribution in [2.45, 2.75) is 25.9 Å². The van der Waals surface area contributed by atoms with Crippen LogP contribution in [0.1, 0.15) is 30.1 Å². The first-order valence-electron chi connectivity index (χ1n) is 10.1. The smallest absolute Gasteiger partial charge is 0.193 e. The Morgan fingerprint density at radius 2 is 2.18 bits per heavy atom. The summed E-state index contributed by atoms with van der Waals surface area (Å²) < 4.78 is 17.2. The number of aliphatic imine (C=N–C) groups is 1. The molecular weight excluding hydrogens is 469 g/mol. The highest BCUT2D eigenvalue weighted by atomic mass is 127. The van der Waals surface area contributed by atoms with Crippen molar-refractivity contribution in [2.75, 3.05) is 59.7 Å². The second kappa shape index (κ2) is 12.6. The first kappa shape index (κ1) is 23.4. The Bertz CT molecular complexity index is 608. The maximum absolute atomic E-state index is 6.02. The fraction of sp³-hybridized carbons (Fsp3) is 0.667. The molecule has 0 aliphatic carbocycles. The highest BCUT2D eigenvalue weighted by molar-refractivity contribution is 14.0. The predicted octanol–water partition coefficient (Wildman–Crippen LogP) is 3.00. The van der Waals surface area contributed by atoms with Crippen molar-refractivity contribution in [3.8, 4) is 0 Å². The van der Waals surface area contributed by atoms with E-state index in [2.05, 4.69) is 46.4 Å². The molecule has 1 aromatic rings. The summed E-state index contributed by atoms with van der Waals surface area (Å²) in [5.41, 5.74) is 2.54. The molecule has 28 heavy (non-hydrogen) atoms. The number of halogens is 1. The molecule has 0 bridgehead atoms. The van der Waals surface area contributed by atoms with Crippen molar-refractivity contribution in [1.29, 1.82) is 0 Å². The number of hydrogen-bond donors (Lipinski definition) is 1. The molecule has 158 valence electrons. The zero-order valence-electron chi connectivity index (χ0n) is 17.1. The molecule has 0 radical (unpaired) electrons. The fourth-order valence-electron chi connectivity index (χ4n) is 3.65. The predicted molar refractivity (Wildman–Crippen MR) is 123 cm³/mol. The highest BCUT2D eigenvalue weighted by Crippen LogP contribution is 2.24. The Hall–Kier alpha value is -0.900. The van der Waals surface area contributed by atoms with Crippen molar-refractivity contribution in [3.63, 3.8) is 0 Å². The molecule has 1 aromatic carbocycles. The minimum atomic E-state index is 0. The molecule has 0 saturated carbocycles. The van der Waals surface area contributed by atoms with E-state index in [0.717, 1.165) is 64.9 Å². The number of nitrogens with one attached hydrogen (secondary N) is 1. The normalized spacial score (nSPS) is 22.8. The first-order valence-corrected chi connectivity index (χ1v) is 10.1. The monoisotopic (exact) mass is 503 g/mol. The van der Waals surface area contributed by atoms with Crippen LogP contribution < -0.4 is 5.32 Å². The van der Waals surface area contributed by atoms with Gasteiger partial charge in [0, 0.05) is 39.3 Å². The molecule has 0 aromatic heterocycles. The molecule has 2 heterocycles. The van der Waals surface area contributed by atoms with Gasteiger partial charge in [-0.05, 0) is 30.9 Å². The van der Waals surface area contributed by atoms with E-state index >= 15 is 0 Å². The number of aryl methyl sites for hydroxylation is 1. The van der Waals surface area contributed by atoms with Gasteiger partial charge in [-0.3, -0.25) is 4.99 Å². The first-order chi connectivity index (χ1) is 13.3. The van der Waals surface area contributed by atoms with Crippen LogP contribution in [0, 0.1) is 12.8 Å². The SMILES string of the molecule is CN=C(NCCCOCC1CCOC1)N1CCOC(c2ccccc2C)C1.I. The van der Waals surface area contributed by atoms with Gasteiger partial charge in [0.15, 0.2) is 5.96 Å². The van der Waals surface area contributed by atoms with Gasteiger partial charge >= 0.3 is 0 Å². The second-order valence-electron chi connectivity index (χ2n) is 7.29. The van der Waals surface area contributed by atoms with E-state index in [0.29, 0.717) is 12.5 Å². The van der Waals surface area contributed by atoms with Gasteiger partial charge in [0.1, 0.15) is 6.10 Å². The van der Waals surface area contributed by atoms with Crippen LogP contribution in [0.4, 0.5) is 0 Å². The standard InChI is InChI=1S/C21H33N3O3.HI/c1-17-6-3-4-7-19(17)20-14-24(10-13-27-20)21(22-2)23-9-5-11-25-15-18-8-12-26-16-18;/h3-4,6-7,18,20H,5,8-16H2,1-2H3,(H,22,23);1H. The summed E-state index contributed by atoms with van der Waals surface area (Å²) in [6.45, 7) is 8.72. The summed E-state index contributed by atoms with van der Waals surface area (Å²) in [5.74, 6) is 1.53. The summed E-state index contributed by atoms with van der Waals surface area (Å²) in [6, 6.07) is 8.45. The third-order valence-electron chi connectivity index (χ3n) is 5.24. The highest BCUT2D eigenvalue weighted by Gasteiger charge is 2.25. The number of nitrogens with zero attached hydrogens (tertiary/aromatic N) is 2. The minimum Gasteiger partial charge on any atom is -0.381 e. The zero-order valence-corrected chi connectivity index (χ0v) is 19.4. The summed E-state index contributed by atoms with van der Waals surface area (Å²) >= 11 is 0. The van der Waals surface area contributed by atoms with Gasteiger partial charge in [0.05, 0.1) is 26.4 Å². The van der Waals surface area contributed by atoms with Crippen LogP contribution in [-0.4, -0.2) is 70.6 Å². The lowest BCUT2D eigenvalue weighted by atomic mass is 10.0. The average Bonchev–Trinajstić information content (AvgIpc) is 3.21. The minimum absolute atomic E-state index is 0. The van der Waals surface area contributed by atoms with Gasteiger partial charge in [-0.25, -0.2) is 0 Å². The van der Waals surface area contributed by atoms with E-state index in [1.165, 1.54) is 11.1 Å². The van der Waals surface area contributed by atoms with E-state index in [9.17, 15) is 0 Å². The molecule has 0 amide bonds. The number of morpholine rings is 1. The van der Waals surface area contributed by atoms with Crippen LogP contribution in [0.5, 0.6) is 0 Å². The van der Waals surface area contributed by atoms with Crippen molar-refractivity contribution in [1.82, 2.24) is 10.2 Å². The van der Waals surface area contributed by atoms with Crippen molar-refractivity contribution < 1.29 is 14.2 Å². The molecule has 0 spiro atoms. The van der Waals surface area contributed by atoms with E-state index in [1.54, 1.807) is 0 Å². The van der Waals surface area contributed by atoms with Crippen LogP contribution in [0.3, 0.4) is 0 Å². The Kier molecular flexibility index (Phi) is 10.5. The van der Waals surface area contributed by atoms with E-state index < -0.39 is 0 Å². The number of ether oxygens (including phenoxy) is 3. The maximum atomic E-state index is 6.02. The summed E-state index contributed by atoms with van der Waals surface area (Å²) in [4.78, 5) is 6.75. The van der Waals surface area contributed by atoms with Crippen molar-refractivity contribution >= 4 is 29.9 Å². The Morgan fingerprint density at radius 3 is 2.93 bits per heavy atom. The van der Waals surface area contributed by atoms with Gasteiger partial charge in [-0.15, -0.1) is 24.0 Å². The van der Waals surface area contributed by atoms with Crippen LogP contribution >= 0.6 is 24.0 Å². The fourth-order valence-corrected chi connectivity index (χ4v) is 3.65. The molecule has 2 saturated heterocycles. The van der Waals surface area contributed by atoms with Crippen LogP contribution in [0.25, 0.3) is 0 Å². The second-order valence-corrected chi connectivity index (χ2v) is 7.29. The largest absolute Gasteiger partial charge is 0.381 e. The van der Waals surface area contributed by atoms with Crippen LogP contribution in [0.2, 0.25) is 0 Å². The van der Waals surface area contributed by atoms with E-state index in [-0.39, 0.29) is 30.1 Å². The third kappa shape index (κ3) is 6.86. The van der Waals surface area contributed by atoms with Gasteiger partial charge in [-0.1, -0.05) is 24.3 Å². The molecule has 2 unspecified atom stereocenters. The zero-order chi connectivity index (χ0) is 18.9. The molecule has 1 N–H and O–H groups in total. The van der Waals surface area contributed by atoms with Gasteiger partial charge in [-0.2, -0.15) is 0 Å². The van der Waals surface area contributed by atoms with Crippen LogP contribution in [-0.2, 0) is 14.2 Å². The topological polar surface area (TPSA) is 55.3 Å². The lowest BCUT2D eigenvalue weighted by Crippen LogP contribution is -2.48. The number of guanidine groups is 1. The van der Waals surface area contributed by atoms with Gasteiger partial charge in [0.2, 0.25) is 0 Å². The molecule has 3 rings (SSSR count). The Morgan fingerprint density at radius 1 is 1.32 bits per heavy atom. The molecule has 2 aliphatic rings. The molecule has 2 aliphatic heterocycles. The van der Waals surface area contributed by atoms with Crippen molar-refractivity contribution in [2.24, 2.45) is 10.9 Å². The lowest BCUT2D eigenvalue weighted by molar-refractivity contribution is -0.00835. The lowest BCUT2D eigenvalue weighted by Gasteiger charge is -2.35.